The van der Waals surface area contributed by atoms with Gasteiger partial charge in [0.15, 0.2) is 9.62 Å². The van der Waals surface area contributed by atoms with Gasteiger partial charge in [-0.2, -0.15) is 8.78 Å². The summed E-state index contributed by atoms with van der Waals surface area (Å²) in [5.41, 5.74) is 0. The lowest BCUT2D eigenvalue weighted by Crippen LogP contribution is -2.10. The Hall–Kier alpha value is 1.17. The van der Waals surface area contributed by atoms with E-state index in [0.717, 1.165) is 0 Å². The van der Waals surface area contributed by atoms with Crippen LogP contribution in [0.5, 0.6) is 0 Å². The van der Waals surface area contributed by atoms with Gasteiger partial charge in [-0.25, -0.2) is 4.39 Å². The molecule has 0 rings (SSSR count). The smallest absolute Gasteiger partial charge is 0.203 e. The van der Waals surface area contributed by atoms with Crippen molar-refractivity contribution in [2.24, 2.45) is 0 Å². The minimum atomic E-state index is -3.83. The standard InChI is InChI=1S/C5H2BrCl4F3/c6-5(12,13)3(11)2(7)1-4(8,9)10/h1H2. The first kappa shape index (κ1) is 14.2. The summed E-state index contributed by atoms with van der Waals surface area (Å²) >= 11 is 22.5. The van der Waals surface area contributed by atoms with Crippen LogP contribution in [0.2, 0.25) is 0 Å². The van der Waals surface area contributed by atoms with Crippen molar-refractivity contribution in [3.8, 4) is 0 Å². The third-order valence-electron chi connectivity index (χ3n) is 0.843. The Labute approximate surface area is 101 Å². The maximum absolute atomic E-state index is 12.6. The highest BCUT2D eigenvalue weighted by Gasteiger charge is 2.35. The molecule has 0 aromatic carbocycles. The largest absolute Gasteiger partial charge is 0.353 e. The number of hydrogen-bond acceptors (Lipinski definition) is 0. The molecule has 0 nitrogen and oxygen atoms in total. The first-order valence-corrected chi connectivity index (χ1v) is 5.02. The number of alkyl halides is 6. The van der Waals surface area contributed by atoms with Gasteiger partial charge in [0.1, 0.15) is 0 Å². The molecule has 0 aliphatic rings. The van der Waals surface area contributed by atoms with Crippen molar-refractivity contribution in [2.45, 2.75) is 15.0 Å². The predicted molar refractivity (Wildman–Crippen MR) is 52.8 cm³/mol. The van der Waals surface area contributed by atoms with Crippen LogP contribution < -0.4 is 0 Å². The SMILES string of the molecule is FC(=C(Cl)CC(Cl)(Cl)Cl)C(F)(F)Br. The van der Waals surface area contributed by atoms with Crippen molar-refractivity contribution in [1.29, 1.82) is 0 Å². The quantitative estimate of drug-likeness (QED) is 0.609. The molecule has 0 amide bonds. The lowest BCUT2D eigenvalue weighted by molar-refractivity contribution is 0.126. The lowest BCUT2D eigenvalue weighted by Gasteiger charge is -2.12. The van der Waals surface area contributed by atoms with Gasteiger partial charge in [-0.05, 0) is 15.9 Å². The molecule has 13 heavy (non-hydrogen) atoms. The molecule has 0 radical (unpaired) electrons. The van der Waals surface area contributed by atoms with Crippen LogP contribution in [0.3, 0.4) is 0 Å². The minimum absolute atomic E-state index is 0.619. The molecule has 0 atom stereocenters. The molecule has 0 aliphatic heterocycles. The molecule has 0 aliphatic carbocycles. The van der Waals surface area contributed by atoms with E-state index in [-0.39, 0.29) is 0 Å². The van der Waals surface area contributed by atoms with Gasteiger partial charge in [0.05, 0.1) is 5.03 Å². The van der Waals surface area contributed by atoms with E-state index in [4.69, 9.17) is 46.4 Å². The normalized spacial score (nSPS) is 15.7. The van der Waals surface area contributed by atoms with E-state index >= 15 is 0 Å². The van der Waals surface area contributed by atoms with Crippen LogP contribution in [-0.4, -0.2) is 8.62 Å². The molecule has 78 valence electrons. The average Bonchev–Trinajstić information content (AvgIpc) is 1.79. The van der Waals surface area contributed by atoms with Crippen LogP contribution in [0.15, 0.2) is 10.9 Å². The summed E-state index contributed by atoms with van der Waals surface area (Å²) in [6.07, 6.45) is -0.619. The van der Waals surface area contributed by atoms with Crippen LogP contribution in [-0.2, 0) is 0 Å². The molecule has 0 saturated carbocycles. The van der Waals surface area contributed by atoms with Crippen LogP contribution >= 0.6 is 62.3 Å². The summed E-state index contributed by atoms with van der Waals surface area (Å²) in [5, 5.41) is -0.832. The number of hydrogen-bond donors (Lipinski definition) is 0. The molecule has 0 heterocycles. The molecular formula is C5H2BrCl4F3. The summed E-state index contributed by atoms with van der Waals surface area (Å²) in [6, 6.07) is 0. The van der Waals surface area contributed by atoms with E-state index in [1.165, 1.54) is 0 Å². The zero-order chi connectivity index (χ0) is 10.9. The van der Waals surface area contributed by atoms with Crippen molar-refractivity contribution in [3.63, 3.8) is 0 Å². The summed E-state index contributed by atoms with van der Waals surface area (Å²) in [7, 11) is 0. The zero-order valence-electron chi connectivity index (χ0n) is 5.73. The zero-order valence-corrected chi connectivity index (χ0v) is 10.3. The molecule has 0 aromatic rings. The van der Waals surface area contributed by atoms with Crippen molar-refractivity contribution in [3.05, 3.63) is 10.9 Å². The van der Waals surface area contributed by atoms with Crippen LogP contribution in [0.25, 0.3) is 0 Å². The van der Waals surface area contributed by atoms with Gasteiger partial charge < -0.3 is 0 Å². The fraction of sp³-hybridized carbons (Fsp3) is 0.600. The second kappa shape index (κ2) is 4.79. The maximum atomic E-state index is 12.6. The van der Waals surface area contributed by atoms with E-state index in [9.17, 15) is 13.2 Å². The summed E-state index contributed by atoms with van der Waals surface area (Å²) in [4.78, 5) is -3.83. The van der Waals surface area contributed by atoms with Gasteiger partial charge in [-0.1, -0.05) is 46.4 Å². The van der Waals surface area contributed by atoms with Gasteiger partial charge in [-0.15, -0.1) is 0 Å². The Bertz CT molecular complexity index is 217. The van der Waals surface area contributed by atoms with E-state index in [0.29, 0.717) is 0 Å². The third kappa shape index (κ3) is 6.28. The monoisotopic (exact) mass is 338 g/mol. The fourth-order valence-electron chi connectivity index (χ4n) is 0.407. The van der Waals surface area contributed by atoms with Crippen molar-refractivity contribution in [2.75, 3.05) is 0 Å². The van der Waals surface area contributed by atoms with Gasteiger partial charge in [-0.3, -0.25) is 0 Å². The van der Waals surface area contributed by atoms with E-state index in [1.54, 1.807) is 15.9 Å². The molecule has 0 spiro atoms. The second-order valence-corrected chi connectivity index (χ2v) is 5.98. The number of allylic oxidation sites excluding steroid dienone is 2. The second-order valence-electron chi connectivity index (χ2n) is 2.01. The molecule has 0 bridgehead atoms. The molecule has 0 unspecified atom stereocenters. The Morgan fingerprint density at radius 2 is 1.62 bits per heavy atom. The van der Waals surface area contributed by atoms with Gasteiger partial charge in [0, 0.05) is 6.42 Å². The Morgan fingerprint density at radius 1 is 1.23 bits per heavy atom. The third-order valence-corrected chi connectivity index (χ3v) is 1.89. The number of rotatable bonds is 2. The number of halogens is 8. The van der Waals surface area contributed by atoms with Crippen LogP contribution in [0.1, 0.15) is 6.42 Å². The summed E-state index contributed by atoms with van der Waals surface area (Å²) < 4.78 is 35.1. The van der Waals surface area contributed by atoms with E-state index in [2.05, 4.69) is 0 Å². The first-order valence-electron chi connectivity index (χ1n) is 2.72. The molecule has 8 heteroatoms. The predicted octanol–water partition coefficient (Wildman–Crippen LogP) is 5.15. The Kier molecular flexibility index (Phi) is 5.23. The first-order chi connectivity index (χ1) is 5.54. The van der Waals surface area contributed by atoms with Gasteiger partial charge in [0.25, 0.3) is 0 Å². The van der Waals surface area contributed by atoms with Gasteiger partial charge in [0.2, 0.25) is 0 Å². The van der Waals surface area contributed by atoms with Crippen molar-refractivity contribution >= 4 is 62.3 Å². The average molecular weight is 341 g/mol. The van der Waals surface area contributed by atoms with Crippen molar-refractivity contribution in [1.82, 2.24) is 0 Å². The highest BCUT2D eigenvalue weighted by Crippen LogP contribution is 2.41. The van der Waals surface area contributed by atoms with Crippen LogP contribution in [0, 0.1) is 0 Å². The molecule has 0 aromatic heterocycles. The van der Waals surface area contributed by atoms with E-state index in [1.807, 2.05) is 0 Å². The topological polar surface area (TPSA) is 0 Å². The molecular weight excluding hydrogens is 339 g/mol. The highest BCUT2D eigenvalue weighted by molar-refractivity contribution is 9.10. The van der Waals surface area contributed by atoms with Crippen LogP contribution in [0.4, 0.5) is 13.2 Å². The Morgan fingerprint density at radius 3 is 1.85 bits per heavy atom. The highest BCUT2D eigenvalue weighted by atomic mass is 79.9. The summed E-state index contributed by atoms with van der Waals surface area (Å²) in [5.74, 6) is -1.86. The summed E-state index contributed by atoms with van der Waals surface area (Å²) in [6.45, 7) is 0. The Balaban J connectivity index is 4.65. The molecule has 0 saturated heterocycles. The fourth-order valence-corrected chi connectivity index (χ4v) is 1.69. The lowest BCUT2D eigenvalue weighted by atomic mass is 10.4. The molecule has 0 N–H and O–H groups in total. The molecule has 0 fully saturated rings. The van der Waals surface area contributed by atoms with Gasteiger partial charge >= 0.3 is 4.83 Å². The van der Waals surface area contributed by atoms with E-state index < -0.39 is 25.9 Å². The minimum Gasteiger partial charge on any atom is -0.203 e. The van der Waals surface area contributed by atoms with Crippen molar-refractivity contribution < 1.29 is 13.2 Å². The maximum Gasteiger partial charge on any atom is 0.353 e.